The van der Waals surface area contributed by atoms with Gasteiger partial charge in [0.15, 0.2) is 0 Å². The Balaban J connectivity index is 4.32. The van der Waals surface area contributed by atoms with E-state index >= 15 is 0 Å². The van der Waals surface area contributed by atoms with E-state index in [4.69, 9.17) is 11.1 Å². The summed E-state index contributed by atoms with van der Waals surface area (Å²) in [6.07, 6.45) is 0. The molecule has 0 heterocycles. The van der Waals surface area contributed by atoms with Crippen molar-refractivity contribution in [3.8, 4) is 0 Å². The third-order valence-corrected chi connectivity index (χ3v) is 3.22. The van der Waals surface area contributed by atoms with E-state index < -0.39 is 10.2 Å². The molecule has 0 aromatic heterocycles. The Morgan fingerprint density at radius 1 is 1.69 bits per heavy atom. The summed E-state index contributed by atoms with van der Waals surface area (Å²) in [5, 5.41) is 7.09. The fourth-order valence-electron chi connectivity index (χ4n) is 0.738. The van der Waals surface area contributed by atoms with Gasteiger partial charge in [0.25, 0.3) is 10.2 Å². The molecule has 0 radical (unpaired) electrons. The predicted octanol–water partition coefficient (Wildman–Crippen LogP) is -1.05. The van der Waals surface area contributed by atoms with E-state index in [9.17, 15) is 8.42 Å². The molecule has 0 spiro atoms. The lowest BCUT2D eigenvalue weighted by atomic mass is 10.2. The molecule has 0 aliphatic rings. The summed E-state index contributed by atoms with van der Waals surface area (Å²) in [6, 6.07) is 0. The molecule has 4 N–H and O–H groups in total. The van der Waals surface area contributed by atoms with Crippen LogP contribution in [-0.2, 0) is 10.2 Å². The van der Waals surface area contributed by atoms with Crippen molar-refractivity contribution >= 4 is 16.0 Å². The summed E-state index contributed by atoms with van der Waals surface area (Å²) in [4.78, 5) is 0. The van der Waals surface area contributed by atoms with Crippen molar-refractivity contribution in [1.82, 2.24) is 9.03 Å². The van der Waals surface area contributed by atoms with Crippen LogP contribution < -0.4 is 10.5 Å². The van der Waals surface area contributed by atoms with Crippen LogP contribution in [-0.4, -0.2) is 39.2 Å². The summed E-state index contributed by atoms with van der Waals surface area (Å²) >= 11 is 0. The highest BCUT2D eigenvalue weighted by Crippen LogP contribution is 2.00. The largest absolute Gasteiger partial charge is 0.387 e. The molecule has 0 saturated heterocycles. The lowest BCUT2D eigenvalue weighted by Gasteiger charge is -2.19. The fourth-order valence-corrected chi connectivity index (χ4v) is 1.47. The van der Waals surface area contributed by atoms with Gasteiger partial charge in [0, 0.05) is 26.6 Å². The zero-order chi connectivity index (χ0) is 10.6. The smallest absolute Gasteiger partial charge is 0.278 e. The first-order valence-corrected chi connectivity index (χ1v) is 5.24. The minimum absolute atomic E-state index is 0.0156. The van der Waals surface area contributed by atoms with Gasteiger partial charge in [-0.05, 0) is 0 Å². The van der Waals surface area contributed by atoms with Crippen molar-refractivity contribution in [2.24, 2.45) is 11.7 Å². The van der Waals surface area contributed by atoms with Gasteiger partial charge >= 0.3 is 0 Å². The number of nitrogens with one attached hydrogen (secondary N) is 2. The van der Waals surface area contributed by atoms with E-state index in [-0.39, 0.29) is 18.3 Å². The van der Waals surface area contributed by atoms with E-state index in [0.29, 0.717) is 0 Å². The van der Waals surface area contributed by atoms with Crippen LogP contribution in [0, 0.1) is 11.3 Å². The topological polar surface area (TPSA) is 99.3 Å². The average Bonchev–Trinajstić information content (AvgIpc) is 2.04. The van der Waals surface area contributed by atoms with Crippen molar-refractivity contribution in [2.45, 2.75) is 6.92 Å². The van der Waals surface area contributed by atoms with Gasteiger partial charge in [-0.3, -0.25) is 5.41 Å². The van der Waals surface area contributed by atoms with Crippen molar-refractivity contribution in [3.05, 3.63) is 0 Å². The number of amidine groups is 1. The maximum absolute atomic E-state index is 11.2. The fraction of sp³-hybridized carbons (Fsp3) is 0.833. The Bertz CT molecular complexity index is 274. The molecule has 0 fully saturated rings. The van der Waals surface area contributed by atoms with Crippen molar-refractivity contribution in [1.29, 1.82) is 5.41 Å². The van der Waals surface area contributed by atoms with Gasteiger partial charge < -0.3 is 5.73 Å². The summed E-state index contributed by atoms with van der Waals surface area (Å²) in [5.74, 6) is -0.286. The van der Waals surface area contributed by atoms with Gasteiger partial charge in [0.2, 0.25) is 0 Å². The van der Waals surface area contributed by atoms with Crippen molar-refractivity contribution < 1.29 is 8.42 Å². The number of hydrogen-bond acceptors (Lipinski definition) is 3. The second-order valence-corrected chi connectivity index (χ2v) is 4.83. The average molecular weight is 208 g/mol. The quantitative estimate of drug-likeness (QED) is 0.397. The zero-order valence-electron chi connectivity index (χ0n) is 8.03. The number of hydrogen-bond donors (Lipinski definition) is 3. The summed E-state index contributed by atoms with van der Waals surface area (Å²) in [5.41, 5.74) is 5.21. The van der Waals surface area contributed by atoms with Crippen molar-refractivity contribution in [3.63, 3.8) is 0 Å². The van der Waals surface area contributed by atoms with E-state index in [1.165, 1.54) is 14.1 Å². The Kier molecular flexibility index (Phi) is 4.31. The SMILES string of the molecule is CNS(=O)(=O)N(C)CC(C)C(=N)N. The Labute approximate surface area is 78.8 Å². The van der Waals surface area contributed by atoms with E-state index in [2.05, 4.69) is 4.72 Å². The van der Waals surface area contributed by atoms with Gasteiger partial charge in [-0.2, -0.15) is 12.7 Å². The minimum Gasteiger partial charge on any atom is -0.387 e. The summed E-state index contributed by atoms with van der Waals surface area (Å²) < 4.78 is 25.6. The maximum atomic E-state index is 11.2. The molecule has 0 aliphatic carbocycles. The van der Waals surface area contributed by atoms with Gasteiger partial charge in [-0.15, -0.1) is 0 Å². The van der Waals surface area contributed by atoms with Crippen LogP contribution in [0.25, 0.3) is 0 Å². The summed E-state index contributed by atoms with van der Waals surface area (Å²) in [7, 11) is -0.622. The molecule has 78 valence electrons. The Morgan fingerprint density at radius 3 is 2.46 bits per heavy atom. The van der Waals surface area contributed by atoms with Crippen LogP contribution in [0.1, 0.15) is 6.92 Å². The van der Waals surface area contributed by atoms with Crippen LogP contribution in [0.15, 0.2) is 0 Å². The highest BCUT2D eigenvalue weighted by Gasteiger charge is 2.18. The number of nitrogens with two attached hydrogens (primary N) is 1. The summed E-state index contributed by atoms with van der Waals surface area (Å²) in [6.45, 7) is 1.91. The zero-order valence-corrected chi connectivity index (χ0v) is 8.85. The molecule has 6 nitrogen and oxygen atoms in total. The first-order chi connectivity index (χ1) is 5.81. The monoisotopic (exact) mass is 208 g/mol. The molecule has 0 aliphatic heterocycles. The molecule has 0 bridgehead atoms. The van der Waals surface area contributed by atoms with Gasteiger partial charge in [-0.1, -0.05) is 6.92 Å². The molecular weight excluding hydrogens is 192 g/mol. The van der Waals surface area contributed by atoms with E-state index in [0.717, 1.165) is 4.31 Å². The van der Waals surface area contributed by atoms with E-state index in [1.807, 2.05) is 0 Å². The third kappa shape index (κ3) is 3.71. The Hall–Kier alpha value is -0.660. The first-order valence-electron chi connectivity index (χ1n) is 3.80. The van der Waals surface area contributed by atoms with E-state index in [1.54, 1.807) is 6.92 Å². The molecule has 0 rings (SSSR count). The molecule has 1 unspecified atom stereocenters. The molecular formula is C6H16N4O2S. The molecule has 13 heavy (non-hydrogen) atoms. The van der Waals surface area contributed by atoms with Gasteiger partial charge in [-0.25, -0.2) is 4.72 Å². The third-order valence-electron chi connectivity index (χ3n) is 1.73. The van der Waals surface area contributed by atoms with Crippen LogP contribution in [0.3, 0.4) is 0 Å². The lowest BCUT2D eigenvalue weighted by molar-refractivity contribution is 0.437. The van der Waals surface area contributed by atoms with Gasteiger partial charge in [0.1, 0.15) is 0 Å². The minimum atomic E-state index is -3.40. The molecule has 0 aromatic carbocycles. The lowest BCUT2D eigenvalue weighted by Crippen LogP contribution is -2.40. The standard InChI is InChI=1S/C6H16N4O2S/c1-5(6(7)8)4-10(3)13(11,12)9-2/h5,9H,4H2,1-3H3,(H3,7,8). The normalized spacial score (nSPS) is 14.5. The molecule has 7 heteroatoms. The maximum Gasteiger partial charge on any atom is 0.278 e. The van der Waals surface area contributed by atoms with Crippen molar-refractivity contribution in [2.75, 3.05) is 20.6 Å². The van der Waals surface area contributed by atoms with Crippen LogP contribution in [0.2, 0.25) is 0 Å². The van der Waals surface area contributed by atoms with Crippen LogP contribution in [0.4, 0.5) is 0 Å². The number of rotatable bonds is 5. The second-order valence-electron chi connectivity index (χ2n) is 2.85. The first kappa shape index (κ1) is 12.3. The van der Waals surface area contributed by atoms with Crippen LogP contribution in [0.5, 0.6) is 0 Å². The molecule has 1 atom stereocenters. The molecule has 0 saturated carbocycles. The second kappa shape index (κ2) is 4.54. The predicted molar refractivity (Wildman–Crippen MR) is 51.7 cm³/mol. The highest BCUT2D eigenvalue weighted by molar-refractivity contribution is 7.87. The van der Waals surface area contributed by atoms with Gasteiger partial charge in [0.05, 0.1) is 5.84 Å². The van der Waals surface area contributed by atoms with Crippen LogP contribution >= 0.6 is 0 Å². The molecule has 0 amide bonds. The highest BCUT2D eigenvalue weighted by atomic mass is 32.2. The Morgan fingerprint density at radius 2 is 2.15 bits per heavy atom. The number of nitrogens with zero attached hydrogens (tertiary/aromatic N) is 1. The molecule has 0 aromatic rings.